The highest BCUT2D eigenvalue weighted by molar-refractivity contribution is 6.05. The zero-order valence-electron chi connectivity index (χ0n) is 21.8. The van der Waals surface area contributed by atoms with Gasteiger partial charge in [-0.3, -0.25) is 29.4 Å². The molecule has 0 spiro atoms. The average Bonchev–Trinajstić information content (AvgIpc) is 3.26. The third-order valence-electron chi connectivity index (χ3n) is 7.44. The number of hydrogen-bond acceptors (Lipinski definition) is 7. The Morgan fingerprint density at radius 1 is 1.21 bits per heavy atom. The van der Waals surface area contributed by atoms with Crippen molar-refractivity contribution in [2.24, 2.45) is 0 Å². The number of rotatable bonds is 5. The van der Waals surface area contributed by atoms with Crippen molar-refractivity contribution in [1.29, 1.82) is 0 Å². The first-order chi connectivity index (χ1) is 18.8. The Kier molecular flexibility index (Phi) is 7.52. The number of ether oxygens (including phenoxy) is 1. The molecule has 3 aliphatic heterocycles. The number of nitrogens with one attached hydrogen (secondary N) is 2. The molecule has 39 heavy (non-hydrogen) atoms. The van der Waals surface area contributed by atoms with Crippen LogP contribution in [0.15, 0.2) is 36.4 Å². The molecular formula is C29H31N5O5. The smallest absolute Gasteiger partial charge is 0.255 e. The lowest BCUT2D eigenvalue weighted by atomic mass is 10.0. The van der Waals surface area contributed by atoms with Gasteiger partial charge in [0.15, 0.2) is 0 Å². The SMILES string of the molecule is COc1cc(C(=O)N[C@H]2CCCN(CC#Cc3cccc4c3CN(C3CCC(=O)NC3=O)C4=O)C2)ccc1N. The van der Waals surface area contributed by atoms with Gasteiger partial charge in [-0.05, 0) is 61.7 Å². The summed E-state index contributed by atoms with van der Waals surface area (Å²) in [6.07, 6.45) is 2.36. The maximum atomic E-state index is 13.0. The van der Waals surface area contributed by atoms with Gasteiger partial charge < -0.3 is 20.7 Å². The van der Waals surface area contributed by atoms with Gasteiger partial charge in [-0.1, -0.05) is 17.9 Å². The number of nitrogen functional groups attached to an aromatic ring is 1. The monoisotopic (exact) mass is 529 g/mol. The number of amides is 4. The van der Waals surface area contributed by atoms with Crippen molar-refractivity contribution in [1.82, 2.24) is 20.4 Å². The molecule has 2 aromatic rings. The van der Waals surface area contributed by atoms with Crippen LogP contribution in [0.1, 0.15) is 57.5 Å². The number of nitrogens with zero attached hydrogens (tertiary/aromatic N) is 2. The Balaban J connectivity index is 1.21. The van der Waals surface area contributed by atoms with E-state index in [1.807, 2.05) is 6.07 Å². The maximum Gasteiger partial charge on any atom is 0.255 e. The average molecular weight is 530 g/mol. The summed E-state index contributed by atoms with van der Waals surface area (Å²) in [5, 5.41) is 5.43. The highest BCUT2D eigenvalue weighted by Crippen LogP contribution is 2.29. The summed E-state index contributed by atoms with van der Waals surface area (Å²) in [6.45, 7) is 2.38. The fraction of sp³-hybridized carbons (Fsp3) is 0.379. The molecule has 10 heteroatoms. The summed E-state index contributed by atoms with van der Waals surface area (Å²) in [7, 11) is 1.52. The van der Waals surface area contributed by atoms with Crippen molar-refractivity contribution in [3.63, 3.8) is 0 Å². The summed E-state index contributed by atoms with van der Waals surface area (Å²) in [4.78, 5) is 53.4. The number of likely N-dealkylation sites (tertiary alicyclic amines) is 1. The Morgan fingerprint density at radius 2 is 2.05 bits per heavy atom. The Morgan fingerprint density at radius 3 is 2.85 bits per heavy atom. The van der Waals surface area contributed by atoms with Gasteiger partial charge in [-0.25, -0.2) is 0 Å². The molecule has 5 rings (SSSR count). The minimum Gasteiger partial charge on any atom is -0.495 e. The standard InChI is InChI=1S/C29H31N5O5/c1-39-25-15-19(9-10-23(25)30)27(36)31-20-7-4-14-33(16-20)13-3-6-18-5-2-8-21-22(18)17-34(29(21)38)24-11-12-26(35)32-28(24)37/h2,5,8-10,15,20,24H,4,7,11-14,16-17,30H2,1H3,(H,31,36)(H,32,35,37)/t20-,24?/m0/s1. The summed E-state index contributed by atoms with van der Waals surface area (Å²) < 4.78 is 5.22. The van der Waals surface area contributed by atoms with E-state index in [1.54, 1.807) is 30.3 Å². The number of benzene rings is 2. The van der Waals surface area contributed by atoms with Gasteiger partial charge in [0.1, 0.15) is 11.8 Å². The molecule has 10 nitrogen and oxygen atoms in total. The van der Waals surface area contributed by atoms with E-state index in [9.17, 15) is 19.2 Å². The molecule has 2 atom stereocenters. The molecule has 3 heterocycles. The predicted octanol–water partition coefficient (Wildman–Crippen LogP) is 1.28. The molecule has 3 aliphatic rings. The number of carbonyl (C=O) groups excluding carboxylic acids is 4. The lowest BCUT2D eigenvalue weighted by molar-refractivity contribution is -0.136. The van der Waals surface area contributed by atoms with Crippen molar-refractivity contribution in [2.45, 2.75) is 44.3 Å². The van der Waals surface area contributed by atoms with Crippen molar-refractivity contribution in [3.05, 3.63) is 58.7 Å². The van der Waals surface area contributed by atoms with E-state index >= 15 is 0 Å². The van der Waals surface area contributed by atoms with E-state index in [-0.39, 0.29) is 30.2 Å². The number of methoxy groups -OCH3 is 1. The molecule has 0 radical (unpaired) electrons. The normalized spacial score (nSPS) is 21.1. The van der Waals surface area contributed by atoms with Crippen molar-refractivity contribution >= 4 is 29.3 Å². The third kappa shape index (κ3) is 5.59. The summed E-state index contributed by atoms with van der Waals surface area (Å²) in [5.41, 5.74) is 8.95. The molecule has 2 aromatic carbocycles. The molecule has 0 saturated carbocycles. The molecule has 0 bridgehead atoms. The van der Waals surface area contributed by atoms with E-state index in [4.69, 9.17) is 10.5 Å². The van der Waals surface area contributed by atoms with Crippen LogP contribution in [0.4, 0.5) is 5.69 Å². The van der Waals surface area contributed by atoms with Crippen molar-refractivity contribution < 1.29 is 23.9 Å². The Labute approximate surface area is 226 Å². The van der Waals surface area contributed by atoms with Crippen LogP contribution in [0.25, 0.3) is 0 Å². The number of anilines is 1. The van der Waals surface area contributed by atoms with Crippen LogP contribution >= 0.6 is 0 Å². The maximum absolute atomic E-state index is 13.0. The first-order valence-electron chi connectivity index (χ1n) is 13.1. The molecule has 4 amide bonds. The number of piperidine rings is 2. The highest BCUT2D eigenvalue weighted by Gasteiger charge is 2.39. The lowest BCUT2D eigenvalue weighted by Crippen LogP contribution is -2.52. The predicted molar refractivity (Wildman–Crippen MR) is 144 cm³/mol. The fourth-order valence-electron chi connectivity index (χ4n) is 5.39. The van der Waals surface area contributed by atoms with Gasteiger partial charge >= 0.3 is 0 Å². The van der Waals surface area contributed by atoms with E-state index in [2.05, 4.69) is 27.4 Å². The van der Waals surface area contributed by atoms with Gasteiger partial charge in [0, 0.05) is 42.2 Å². The Bertz CT molecular complexity index is 1390. The lowest BCUT2D eigenvalue weighted by Gasteiger charge is -2.31. The molecule has 4 N–H and O–H groups in total. The van der Waals surface area contributed by atoms with Gasteiger partial charge in [-0.2, -0.15) is 0 Å². The van der Waals surface area contributed by atoms with Crippen LogP contribution < -0.4 is 21.1 Å². The van der Waals surface area contributed by atoms with Gasteiger partial charge in [-0.15, -0.1) is 0 Å². The number of fused-ring (bicyclic) bond motifs is 1. The van der Waals surface area contributed by atoms with Crippen molar-refractivity contribution in [2.75, 3.05) is 32.5 Å². The first kappa shape index (κ1) is 26.3. The van der Waals surface area contributed by atoms with Gasteiger partial charge in [0.05, 0.1) is 19.3 Å². The number of nitrogens with two attached hydrogens (primary N) is 1. The van der Waals surface area contributed by atoms with Crippen LogP contribution in [0.5, 0.6) is 5.75 Å². The second kappa shape index (κ2) is 11.2. The summed E-state index contributed by atoms with van der Waals surface area (Å²) in [6, 6.07) is 9.76. The van der Waals surface area contributed by atoms with Gasteiger partial charge in [0.2, 0.25) is 11.8 Å². The molecule has 1 unspecified atom stereocenters. The topological polar surface area (TPSA) is 134 Å². The van der Waals surface area contributed by atoms with Gasteiger partial charge in [0.25, 0.3) is 11.8 Å². The molecule has 2 saturated heterocycles. The number of hydrogen-bond donors (Lipinski definition) is 3. The summed E-state index contributed by atoms with van der Waals surface area (Å²) in [5.74, 6) is 5.80. The van der Waals surface area contributed by atoms with E-state index in [0.29, 0.717) is 48.6 Å². The molecule has 0 aromatic heterocycles. The van der Waals surface area contributed by atoms with Crippen molar-refractivity contribution in [3.8, 4) is 17.6 Å². The van der Waals surface area contributed by atoms with Crippen LogP contribution in [0.2, 0.25) is 0 Å². The molecule has 2 fully saturated rings. The van der Waals surface area contributed by atoms with Crippen LogP contribution in [-0.4, -0.2) is 72.3 Å². The minimum atomic E-state index is -0.654. The van der Waals surface area contributed by atoms with E-state index in [0.717, 1.165) is 30.5 Å². The minimum absolute atomic E-state index is 0.00253. The second-order valence-corrected chi connectivity index (χ2v) is 10.0. The number of imide groups is 1. The van der Waals surface area contributed by atoms with Crippen LogP contribution in [-0.2, 0) is 16.1 Å². The zero-order valence-corrected chi connectivity index (χ0v) is 21.8. The largest absolute Gasteiger partial charge is 0.495 e. The highest BCUT2D eigenvalue weighted by atomic mass is 16.5. The second-order valence-electron chi connectivity index (χ2n) is 10.0. The Hall–Kier alpha value is -4.36. The van der Waals surface area contributed by atoms with E-state index in [1.165, 1.54) is 12.0 Å². The first-order valence-corrected chi connectivity index (χ1v) is 13.1. The molecule has 202 valence electrons. The van der Waals surface area contributed by atoms with E-state index < -0.39 is 11.9 Å². The molecular weight excluding hydrogens is 498 g/mol. The fourth-order valence-corrected chi connectivity index (χ4v) is 5.39. The quantitative estimate of drug-likeness (QED) is 0.302. The summed E-state index contributed by atoms with van der Waals surface area (Å²) >= 11 is 0. The zero-order chi connectivity index (χ0) is 27.5. The third-order valence-corrected chi connectivity index (χ3v) is 7.44. The number of carbonyl (C=O) groups is 4. The molecule has 0 aliphatic carbocycles. The van der Waals surface area contributed by atoms with Crippen LogP contribution in [0, 0.1) is 11.8 Å². The van der Waals surface area contributed by atoms with Crippen LogP contribution in [0.3, 0.4) is 0 Å².